The second-order valence-electron chi connectivity index (χ2n) is 11.6. The summed E-state index contributed by atoms with van der Waals surface area (Å²) >= 11 is 12.7. The van der Waals surface area contributed by atoms with Crippen molar-refractivity contribution >= 4 is 39.9 Å². The smallest absolute Gasteiger partial charge is 0.253 e. The Morgan fingerprint density at radius 2 is 1.76 bits per heavy atom. The van der Waals surface area contributed by atoms with Crippen LogP contribution in [0, 0.1) is 0 Å². The summed E-state index contributed by atoms with van der Waals surface area (Å²) in [6.07, 6.45) is 9.19. The number of hydrogen-bond acceptors (Lipinski definition) is 3. The zero-order valence-electron chi connectivity index (χ0n) is 24.1. The van der Waals surface area contributed by atoms with Crippen molar-refractivity contribution < 1.29 is 9.00 Å². The molecule has 5 rings (SSSR count). The third-order valence-corrected chi connectivity index (χ3v) is 10.7. The van der Waals surface area contributed by atoms with Gasteiger partial charge >= 0.3 is 0 Å². The number of halogens is 2. The van der Waals surface area contributed by atoms with Crippen LogP contribution in [0.5, 0.6) is 0 Å². The van der Waals surface area contributed by atoms with Crippen molar-refractivity contribution in [1.29, 1.82) is 0 Å². The lowest BCUT2D eigenvalue weighted by molar-refractivity contribution is 0.0780. The summed E-state index contributed by atoms with van der Waals surface area (Å²) in [5, 5.41) is 1.10. The summed E-state index contributed by atoms with van der Waals surface area (Å²) in [5.74, 6) is 0.679. The Labute approximate surface area is 257 Å². The first-order valence-corrected chi connectivity index (χ1v) is 17.1. The van der Waals surface area contributed by atoms with Gasteiger partial charge in [0.15, 0.2) is 0 Å². The zero-order chi connectivity index (χ0) is 28.9. The fourth-order valence-corrected chi connectivity index (χ4v) is 7.76. The van der Waals surface area contributed by atoms with E-state index in [0.717, 1.165) is 74.2 Å². The summed E-state index contributed by atoms with van der Waals surface area (Å²) in [7, 11) is 0.950. The van der Waals surface area contributed by atoms with E-state index < -0.39 is 10.8 Å². The van der Waals surface area contributed by atoms with Crippen LogP contribution in [0.2, 0.25) is 10.0 Å². The molecule has 1 aliphatic heterocycles. The molecule has 2 aliphatic rings. The highest BCUT2D eigenvalue weighted by Crippen LogP contribution is 2.34. The first kappa shape index (κ1) is 30.3. The molecule has 0 aromatic heterocycles. The number of likely N-dealkylation sites (N-methyl/N-ethyl adjacent to an activating group) is 1. The quantitative estimate of drug-likeness (QED) is 0.249. The SMILES string of the molecule is CN(C[C@@H](CCN1CCC(c2ccccc2[S@](C)=O)CC1)c1ccc(Cl)c(Cl)c1)C(=O)c1cccc2c1CCCC2. The fraction of sp³-hybridized carbons (Fsp3) is 0.441. The van der Waals surface area contributed by atoms with Gasteiger partial charge in [0.05, 0.1) is 20.8 Å². The van der Waals surface area contributed by atoms with Crippen molar-refractivity contribution in [2.45, 2.75) is 61.7 Å². The van der Waals surface area contributed by atoms with Crippen LogP contribution < -0.4 is 0 Å². The second kappa shape index (κ2) is 13.9. The first-order valence-electron chi connectivity index (χ1n) is 14.8. The molecule has 1 aliphatic carbocycles. The summed E-state index contributed by atoms with van der Waals surface area (Å²) < 4.78 is 12.3. The highest BCUT2D eigenvalue weighted by molar-refractivity contribution is 7.84. The van der Waals surface area contributed by atoms with E-state index >= 15 is 0 Å². The van der Waals surface area contributed by atoms with Gasteiger partial charge in [-0.1, -0.05) is 59.6 Å². The van der Waals surface area contributed by atoms with Crippen molar-refractivity contribution in [3.8, 4) is 0 Å². The Kier molecular flexibility index (Phi) is 10.2. The molecule has 1 amide bonds. The minimum absolute atomic E-state index is 0.0987. The van der Waals surface area contributed by atoms with E-state index in [-0.39, 0.29) is 11.8 Å². The van der Waals surface area contributed by atoms with Crippen LogP contribution in [-0.2, 0) is 23.6 Å². The fourth-order valence-electron chi connectivity index (χ4n) is 6.62. The summed E-state index contributed by atoms with van der Waals surface area (Å²) in [6.45, 7) is 3.58. The molecule has 2 atom stereocenters. The van der Waals surface area contributed by atoms with E-state index in [1.54, 1.807) is 6.26 Å². The van der Waals surface area contributed by atoms with Crippen molar-refractivity contribution in [2.24, 2.45) is 0 Å². The molecule has 1 saturated heterocycles. The number of amides is 1. The number of aryl methyl sites for hydroxylation is 1. The standard InChI is InChI=1S/C34H40Cl2N2O2S/c1-37(34(39)30-12-7-9-24-8-3-4-10-28(24)30)23-27(26-14-15-31(35)32(36)22-26)18-21-38-19-16-25(17-20-38)29-11-5-6-13-33(29)41(2)40/h5-7,9,11-15,22,25,27H,3-4,8,10,16-21,23H2,1-2H3/t27-,41+/m1/s1. The Morgan fingerprint density at radius 3 is 2.51 bits per heavy atom. The van der Waals surface area contributed by atoms with Gasteiger partial charge in [-0.25, -0.2) is 0 Å². The lowest BCUT2D eigenvalue weighted by Gasteiger charge is -2.34. The molecule has 0 spiro atoms. The maximum atomic E-state index is 13.7. The van der Waals surface area contributed by atoms with Crippen LogP contribution in [0.3, 0.4) is 0 Å². The molecule has 0 unspecified atom stereocenters. The Morgan fingerprint density at radius 1 is 1.00 bits per heavy atom. The minimum Gasteiger partial charge on any atom is -0.341 e. The monoisotopic (exact) mass is 610 g/mol. The number of piperidine rings is 1. The minimum atomic E-state index is -0.976. The van der Waals surface area contributed by atoms with Crippen LogP contribution in [0.15, 0.2) is 65.6 Å². The Balaban J connectivity index is 1.26. The van der Waals surface area contributed by atoms with Gasteiger partial charge in [-0.2, -0.15) is 0 Å². The molecule has 41 heavy (non-hydrogen) atoms. The molecular weight excluding hydrogens is 571 g/mol. The van der Waals surface area contributed by atoms with E-state index in [1.165, 1.54) is 23.1 Å². The summed E-state index contributed by atoms with van der Waals surface area (Å²) in [6, 6.07) is 20.3. The number of hydrogen-bond donors (Lipinski definition) is 0. The number of rotatable bonds is 9. The molecule has 0 bridgehead atoms. The zero-order valence-corrected chi connectivity index (χ0v) is 26.4. The van der Waals surface area contributed by atoms with Crippen molar-refractivity contribution in [2.75, 3.05) is 39.5 Å². The van der Waals surface area contributed by atoms with Crippen LogP contribution in [0.1, 0.15) is 76.6 Å². The number of carbonyl (C=O) groups excluding carboxylic acids is 1. The number of fused-ring (bicyclic) bond motifs is 1. The van der Waals surface area contributed by atoms with E-state index in [2.05, 4.69) is 29.2 Å². The molecule has 7 heteroatoms. The largest absolute Gasteiger partial charge is 0.341 e. The molecule has 0 saturated carbocycles. The lowest BCUT2D eigenvalue weighted by Crippen LogP contribution is -2.36. The highest BCUT2D eigenvalue weighted by atomic mass is 35.5. The van der Waals surface area contributed by atoms with Crippen LogP contribution in [-0.4, -0.2) is 59.4 Å². The summed E-state index contributed by atoms with van der Waals surface area (Å²) in [5.41, 5.74) is 5.77. The van der Waals surface area contributed by atoms with Crippen LogP contribution in [0.4, 0.5) is 0 Å². The van der Waals surface area contributed by atoms with Gasteiger partial charge in [0.25, 0.3) is 5.91 Å². The molecule has 3 aromatic carbocycles. The highest BCUT2D eigenvalue weighted by Gasteiger charge is 2.26. The average molecular weight is 612 g/mol. The topological polar surface area (TPSA) is 40.6 Å². The van der Waals surface area contributed by atoms with Crippen molar-refractivity contribution in [3.05, 3.63) is 98.5 Å². The molecule has 218 valence electrons. The Bertz CT molecular complexity index is 1400. The van der Waals surface area contributed by atoms with E-state index in [0.29, 0.717) is 22.5 Å². The molecule has 1 heterocycles. The summed E-state index contributed by atoms with van der Waals surface area (Å²) in [4.78, 5) is 19.1. The maximum absolute atomic E-state index is 13.7. The second-order valence-corrected chi connectivity index (χ2v) is 13.8. The van der Waals surface area contributed by atoms with E-state index in [9.17, 15) is 9.00 Å². The number of benzene rings is 3. The van der Waals surface area contributed by atoms with Gasteiger partial charge in [0, 0.05) is 36.2 Å². The van der Waals surface area contributed by atoms with Crippen LogP contribution >= 0.6 is 23.2 Å². The third kappa shape index (κ3) is 7.25. The number of nitrogens with zero attached hydrogens (tertiary/aromatic N) is 2. The predicted molar refractivity (Wildman–Crippen MR) is 171 cm³/mol. The predicted octanol–water partition coefficient (Wildman–Crippen LogP) is 7.74. The first-order chi connectivity index (χ1) is 19.8. The molecule has 1 fully saturated rings. The van der Waals surface area contributed by atoms with Crippen molar-refractivity contribution in [3.63, 3.8) is 0 Å². The van der Waals surface area contributed by atoms with Gasteiger partial charge < -0.3 is 9.80 Å². The normalized spacial score (nSPS) is 17.6. The number of carbonyl (C=O) groups is 1. The van der Waals surface area contributed by atoms with E-state index in [4.69, 9.17) is 23.2 Å². The van der Waals surface area contributed by atoms with E-state index in [1.807, 2.05) is 48.3 Å². The third-order valence-electron chi connectivity index (χ3n) is 8.93. The molecule has 3 aromatic rings. The van der Waals surface area contributed by atoms with Gasteiger partial charge in [-0.3, -0.25) is 9.00 Å². The van der Waals surface area contributed by atoms with Crippen molar-refractivity contribution in [1.82, 2.24) is 9.80 Å². The van der Waals surface area contributed by atoms with Gasteiger partial charge in [0.1, 0.15) is 0 Å². The lowest BCUT2D eigenvalue weighted by atomic mass is 9.87. The van der Waals surface area contributed by atoms with Gasteiger partial charge in [-0.15, -0.1) is 0 Å². The molecule has 4 nitrogen and oxygen atoms in total. The average Bonchev–Trinajstić information content (AvgIpc) is 3.00. The Hall–Kier alpha value is -2.18. The van der Waals surface area contributed by atoms with Crippen LogP contribution in [0.25, 0.3) is 0 Å². The number of likely N-dealkylation sites (tertiary alicyclic amines) is 1. The van der Waals surface area contributed by atoms with Gasteiger partial charge in [0.2, 0.25) is 0 Å². The van der Waals surface area contributed by atoms with Gasteiger partial charge in [-0.05, 0) is 117 Å². The molecular formula is C34H40Cl2N2O2S. The molecule has 0 radical (unpaired) electrons. The maximum Gasteiger partial charge on any atom is 0.253 e. The molecule has 0 N–H and O–H groups in total.